The summed E-state index contributed by atoms with van der Waals surface area (Å²) in [6.07, 6.45) is 4.20. The fourth-order valence-electron chi connectivity index (χ4n) is 3.26. The van der Waals surface area contributed by atoms with Crippen molar-refractivity contribution in [2.45, 2.75) is 26.7 Å². The summed E-state index contributed by atoms with van der Waals surface area (Å²) in [7, 11) is 1.59. The fraction of sp³-hybridized carbons (Fsp3) is 0.333. The van der Waals surface area contributed by atoms with E-state index in [1.54, 1.807) is 25.5 Å². The van der Waals surface area contributed by atoms with E-state index in [0.29, 0.717) is 11.3 Å². The smallest absolute Gasteiger partial charge is 0.271 e. The molecule has 1 aliphatic heterocycles. The third kappa shape index (κ3) is 4.04. The number of carbonyl (C=O) groups is 1. The van der Waals surface area contributed by atoms with Crippen LogP contribution in [0.3, 0.4) is 0 Å². The first-order valence-corrected chi connectivity index (χ1v) is 8.92. The number of hydrogen-bond acceptors (Lipinski definition) is 4. The number of ether oxygens (including phenoxy) is 1. The summed E-state index contributed by atoms with van der Waals surface area (Å²) in [5.41, 5.74) is 7.56. The van der Waals surface area contributed by atoms with Gasteiger partial charge in [0, 0.05) is 24.3 Å². The highest BCUT2D eigenvalue weighted by molar-refractivity contribution is 5.95. The Morgan fingerprint density at radius 1 is 1.12 bits per heavy atom. The van der Waals surface area contributed by atoms with Crippen LogP contribution in [0.25, 0.3) is 0 Å². The Morgan fingerprint density at radius 3 is 2.58 bits per heavy atom. The molecule has 0 radical (unpaired) electrons. The van der Waals surface area contributed by atoms with Gasteiger partial charge < -0.3 is 9.64 Å². The van der Waals surface area contributed by atoms with Crippen molar-refractivity contribution in [3.8, 4) is 5.75 Å². The second-order valence-corrected chi connectivity index (χ2v) is 6.62. The predicted molar refractivity (Wildman–Crippen MR) is 105 cm³/mol. The van der Waals surface area contributed by atoms with E-state index in [9.17, 15) is 4.79 Å². The Morgan fingerprint density at radius 2 is 1.88 bits per heavy atom. The topological polar surface area (TPSA) is 53.9 Å². The number of benzene rings is 2. The zero-order valence-electron chi connectivity index (χ0n) is 15.6. The minimum atomic E-state index is -0.259. The van der Waals surface area contributed by atoms with Crippen molar-refractivity contribution in [2.75, 3.05) is 25.1 Å². The molecule has 0 aliphatic carbocycles. The molecule has 1 aliphatic rings. The lowest BCUT2D eigenvalue weighted by atomic mass is 10.1. The van der Waals surface area contributed by atoms with Gasteiger partial charge in [0.1, 0.15) is 5.75 Å². The Hall–Kier alpha value is -2.82. The largest absolute Gasteiger partial charge is 0.496 e. The number of carbonyl (C=O) groups excluding carboxylic acids is 1. The van der Waals surface area contributed by atoms with Gasteiger partial charge in [-0.15, -0.1) is 0 Å². The van der Waals surface area contributed by atoms with Gasteiger partial charge in [-0.25, -0.2) is 5.43 Å². The average molecular weight is 351 g/mol. The zero-order valence-corrected chi connectivity index (χ0v) is 15.6. The van der Waals surface area contributed by atoms with Gasteiger partial charge in [0.15, 0.2) is 0 Å². The van der Waals surface area contributed by atoms with E-state index in [2.05, 4.69) is 34.5 Å². The van der Waals surface area contributed by atoms with Crippen LogP contribution in [0.2, 0.25) is 0 Å². The van der Waals surface area contributed by atoms with Crippen molar-refractivity contribution in [3.63, 3.8) is 0 Å². The molecule has 5 nitrogen and oxygen atoms in total. The summed E-state index contributed by atoms with van der Waals surface area (Å²) in [6.45, 7) is 6.31. The van der Waals surface area contributed by atoms with Crippen LogP contribution >= 0.6 is 0 Å². The van der Waals surface area contributed by atoms with Gasteiger partial charge in [0.2, 0.25) is 0 Å². The molecule has 0 unspecified atom stereocenters. The summed E-state index contributed by atoms with van der Waals surface area (Å²) in [6, 6.07) is 11.6. The molecular formula is C21H25N3O2. The van der Waals surface area contributed by atoms with Crippen molar-refractivity contribution in [1.29, 1.82) is 0 Å². The van der Waals surface area contributed by atoms with Crippen LogP contribution in [-0.4, -0.2) is 32.3 Å². The van der Waals surface area contributed by atoms with Crippen molar-refractivity contribution < 1.29 is 9.53 Å². The average Bonchev–Trinajstić information content (AvgIpc) is 3.16. The van der Waals surface area contributed by atoms with Crippen LogP contribution < -0.4 is 15.1 Å². The van der Waals surface area contributed by atoms with Gasteiger partial charge >= 0.3 is 0 Å². The molecule has 2 aromatic carbocycles. The lowest BCUT2D eigenvalue weighted by Crippen LogP contribution is -2.19. The second-order valence-electron chi connectivity index (χ2n) is 6.62. The highest BCUT2D eigenvalue weighted by Crippen LogP contribution is 2.24. The van der Waals surface area contributed by atoms with Gasteiger partial charge in [-0.05, 0) is 67.6 Å². The fourth-order valence-corrected chi connectivity index (χ4v) is 3.26. The Bertz CT molecular complexity index is 824. The number of hydrogen-bond donors (Lipinski definition) is 1. The zero-order chi connectivity index (χ0) is 18.5. The molecule has 1 heterocycles. The number of hydrazone groups is 1. The van der Waals surface area contributed by atoms with Crippen LogP contribution in [0.15, 0.2) is 41.5 Å². The molecule has 1 amide bonds. The maximum Gasteiger partial charge on any atom is 0.271 e. The maximum atomic E-state index is 12.2. The van der Waals surface area contributed by atoms with Crippen LogP contribution in [0.1, 0.15) is 39.9 Å². The first-order chi connectivity index (χ1) is 12.6. The summed E-state index contributed by atoms with van der Waals surface area (Å²) in [5.74, 6) is 0.430. The minimum absolute atomic E-state index is 0.259. The van der Waals surface area contributed by atoms with Gasteiger partial charge in [0.05, 0.1) is 13.3 Å². The molecule has 1 fully saturated rings. The normalized spacial score (nSPS) is 14.0. The summed E-state index contributed by atoms with van der Waals surface area (Å²) in [5, 5.41) is 4.09. The van der Waals surface area contributed by atoms with Gasteiger partial charge in [-0.2, -0.15) is 5.10 Å². The quantitative estimate of drug-likeness (QED) is 0.660. The van der Waals surface area contributed by atoms with Crippen molar-refractivity contribution in [1.82, 2.24) is 5.43 Å². The summed E-state index contributed by atoms with van der Waals surface area (Å²) < 4.78 is 5.25. The van der Waals surface area contributed by atoms with Crippen LogP contribution in [-0.2, 0) is 0 Å². The molecule has 0 aromatic heterocycles. The maximum absolute atomic E-state index is 12.2. The standard InChI is InChI=1S/C21H25N3O2/c1-15-6-8-18(13-20(15)26-3)21(25)23-22-14-17-7-9-19(16(2)12-17)24-10-4-5-11-24/h6-9,12-14H,4-5,10-11H2,1-3H3,(H,23,25)/b22-14-. The number of methoxy groups -OCH3 is 1. The molecule has 3 rings (SSSR count). The van der Waals surface area contributed by atoms with E-state index in [1.165, 1.54) is 24.1 Å². The molecule has 0 atom stereocenters. The third-order valence-corrected chi connectivity index (χ3v) is 4.72. The SMILES string of the molecule is COc1cc(C(=O)N/N=C\c2ccc(N3CCCC3)c(C)c2)ccc1C. The number of nitrogens with one attached hydrogen (secondary N) is 1. The van der Waals surface area contributed by atoms with E-state index in [1.807, 2.05) is 19.1 Å². The van der Waals surface area contributed by atoms with Gasteiger partial charge in [-0.1, -0.05) is 12.1 Å². The Kier molecular flexibility index (Phi) is 5.56. The lowest BCUT2D eigenvalue weighted by Gasteiger charge is -2.20. The van der Waals surface area contributed by atoms with Crippen LogP contribution in [0.4, 0.5) is 5.69 Å². The Labute approximate surface area is 154 Å². The molecule has 136 valence electrons. The highest BCUT2D eigenvalue weighted by atomic mass is 16.5. The molecule has 2 aromatic rings. The first-order valence-electron chi connectivity index (χ1n) is 8.92. The molecule has 0 bridgehead atoms. The molecule has 0 saturated carbocycles. The molecule has 26 heavy (non-hydrogen) atoms. The van der Waals surface area contributed by atoms with E-state index in [-0.39, 0.29) is 5.91 Å². The monoisotopic (exact) mass is 351 g/mol. The molecular weight excluding hydrogens is 326 g/mol. The third-order valence-electron chi connectivity index (χ3n) is 4.72. The number of nitrogens with zero attached hydrogens (tertiary/aromatic N) is 2. The lowest BCUT2D eigenvalue weighted by molar-refractivity contribution is 0.0955. The van der Waals surface area contributed by atoms with Crippen LogP contribution in [0.5, 0.6) is 5.75 Å². The van der Waals surface area contributed by atoms with Gasteiger partial charge in [-0.3, -0.25) is 4.79 Å². The highest BCUT2D eigenvalue weighted by Gasteiger charge is 2.14. The number of anilines is 1. The van der Waals surface area contributed by atoms with Crippen LogP contribution in [0, 0.1) is 13.8 Å². The number of aryl methyl sites for hydroxylation is 2. The van der Waals surface area contributed by atoms with Crippen molar-refractivity contribution in [3.05, 3.63) is 58.7 Å². The summed E-state index contributed by atoms with van der Waals surface area (Å²) >= 11 is 0. The van der Waals surface area contributed by atoms with Crippen molar-refractivity contribution in [2.24, 2.45) is 5.10 Å². The number of rotatable bonds is 5. The summed E-state index contributed by atoms with van der Waals surface area (Å²) in [4.78, 5) is 14.6. The first kappa shape index (κ1) is 18.0. The number of amides is 1. The predicted octanol–water partition coefficient (Wildman–Crippen LogP) is 3.68. The van der Waals surface area contributed by atoms with E-state index in [4.69, 9.17) is 4.74 Å². The van der Waals surface area contributed by atoms with E-state index < -0.39 is 0 Å². The van der Waals surface area contributed by atoms with E-state index in [0.717, 1.165) is 24.2 Å². The molecule has 5 heteroatoms. The second kappa shape index (κ2) is 8.04. The molecule has 0 spiro atoms. The molecule has 1 saturated heterocycles. The minimum Gasteiger partial charge on any atom is -0.496 e. The van der Waals surface area contributed by atoms with E-state index >= 15 is 0 Å². The van der Waals surface area contributed by atoms with Crippen molar-refractivity contribution >= 4 is 17.8 Å². The molecule has 1 N–H and O–H groups in total. The Balaban J connectivity index is 1.64. The van der Waals surface area contributed by atoms with Gasteiger partial charge in [0.25, 0.3) is 5.91 Å².